The van der Waals surface area contributed by atoms with Crippen molar-refractivity contribution in [2.45, 2.75) is 155 Å². The molecule has 0 aromatic heterocycles. The number of rotatable bonds is 9. The first-order chi connectivity index (χ1) is 24.7. The van der Waals surface area contributed by atoms with Crippen molar-refractivity contribution in [2.75, 3.05) is 6.61 Å². The highest BCUT2D eigenvalue weighted by molar-refractivity contribution is 5.97. The maximum Gasteiger partial charge on any atom is 0.303 e. The number of carbonyl (C=O) groups excluding carboxylic acids is 4. The fraction of sp³-hybridized carbons (Fsp3) is 0.800. The van der Waals surface area contributed by atoms with Gasteiger partial charge >= 0.3 is 11.9 Å². The number of hydrogen-bond acceptors (Lipinski definition) is 14. The average Bonchev–Trinajstić information content (AvgIpc) is 3.27. The van der Waals surface area contributed by atoms with E-state index in [-0.39, 0.29) is 31.0 Å². The van der Waals surface area contributed by atoms with Crippen LogP contribution in [0.5, 0.6) is 0 Å². The highest BCUT2D eigenvalue weighted by Gasteiger charge is 2.75. The van der Waals surface area contributed by atoms with Crippen molar-refractivity contribution in [3.63, 3.8) is 0 Å². The predicted molar refractivity (Wildman–Crippen MR) is 191 cm³/mol. The van der Waals surface area contributed by atoms with Crippen LogP contribution in [-0.2, 0) is 38.1 Å². The Morgan fingerprint density at radius 2 is 1.57 bits per heavy atom. The van der Waals surface area contributed by atoms with E-state index in [0.717, 1.165) is 5.57 Å². The van der Waals surface area contributed by atoms with E-state index in [0.29, 0.717) is 6.42 Å². The lowest BCUT2D eigenvalue weighted by atomic mass is 9.38. The third-order valence-electron chi connectivity index (χ3n) is 14.2. The molecule has 1 saturated heterocycles. The Bertz CT molecular complexity index is 1580. The molecule has 1 aliphatic heterocycles. The second-order valence-electron chi connectivity index (χ2n) is 18.4. The zero-order valence-electron chi connectivity index (χ0n) is 33.1. The molecule has 0 aromatic carbocycles. The molecule has 5 rings (SSSR count). The third-order valence-corrected chi connectivity index (χ3v) is 14.2. The van der Waals surface area contributed by atoms with Crippen LogP contribution in [0.1, 0.15) is 94.9 Å². The number of Topliss-reactive ketones (excluding diaryl/α,β-unsaturated/α-hetero) is 1. The first-order valence-corrected chi connectivity index (χ1v) is 18.9. The minimum absolute atomic E-state index is 0.0595. The summed E-state index contributed by atoms with van der Waals surface area (Å²) in [6, 6.07) is 0. The lowest BCUT2D eigenvalue weighted by Gasteiger charge is -2.65. The molecular formula is C40H60O14. The van der Waals surface area contributed by atoms with E-state index in [1.54, 1.807) is 13.8 Å². The van der Waals surface area contributed by atoms with Gasteiger partial charge in [0.2, 0.25) is 0 Å². The van der Waals surface area contributed by atoms with Crippen LogP contribution in [0.2, 0.25) is 0 Å². The molecule has 4 fully saturated rings. The number of allylic oxidation sites excluding steroid dienone is 1. The second-order valence-corrected chi connectivity index (χ2v) is 18.4. The number of fused-ring (bicyclic) bond motifs is 5. The molecule has 14 nitrogen and oxygen atoms in total. The number of aliphatic hydroxyl groups is 6. The van der Waals surface area contributed by atoms with Gasteiger partial charge in [0, 0.05) is 37.0 Å². The summed E-state index contributed by atoms with van der Waals surface area (Å²) in [5, 5.41) is 65.2. The van der Waals surface area contributed by atoms with Crippen LogP contribution in [0.25, 0.3) is 0 Å². The molecule has 14 heteroatoms. The van der Waals surface area contributed by atoms with Gasteiger partial charge in [-0.25, -0.2) is 0 Å². The van der Waals surface area contributed by atoms with Crippen molar-refractivity contribution in [3.8, 4) is 0 Å². The topological polar surface area (TPSA) is 227 Å². The summed E-state index contributed by atoms with van der Waals surface area (Å²) in [5.41, 5.74) is -6.18. The minimum Gasteiger partial charge on any atom is -0.462 e. The minimum atomic E-state index is -2.11. The maximum atomic E-state index is 15.0. The summed E-state index contributed by atoms with van der Waals surface area (Å²) < 4.78 is 23.0. The van der Waals surface area contributed by atoms with Crippen LogP contribution in [0.15, 0.2) is 23.8 Å². The fourth-order valence-electron chi connectivity index (χ4n) is 11.3. The van der Waals surface area contributed by atoms with E-state index in [4.69, 9.17) is 18.9 Å². The van der Waals surface area contributed by atoms with Crippen molar-refractivity contribution in [1.82, 2.24) is 0 Å². The van der Waals surface area contributed by atoms with Gasteiger partial charge in [0.25, 0.3) is 0 Å². The summed E-state index contributed by atoms with van der Waals surface area (Å²) in [4.78, 5) is 53.2. The molecule has 15 unspecified atom stereocenters. The predicted octanol–water partition coefficient (Wildman–Crippen LogP) is 1.69. The Hall–Kier alpha value is -2.56. The van der Waals surface area contributed by atoms with Gasteiger partial charge in [-0.15, -0.1) is 0 Å². The molecule has 0 radical (unpaired) electrons. The largest absolute Gasteiger partial charge is 0.462 e. The van der Waals surface area contributed by atoms with Gasteiger partial charge in [-0.2, -0.15) is 0 Å². The Morgan fingerprint density at radius 3 is 2.15 bits per heavy atom. The molecule has 0 amide bonds. The molecule has 1 heterocycles. The second kappa shape index (κ2) is 14.1. The van der Waals surface area contributed by atoms with Crippen molar-refractivity contribution < 1.29 is 68.8 Å². The standard InChI is InChI=1S/C40H60O14/c1-19(42)51-24-16-37(7)26-12-11-21-22(15-23(33(49)36(21,5)6)52-34-31(48)30(47)29(46)25(18-41)53-34)39(26,9)28(45)17-38(37,8)32(24)40(10,50)27(44)13-14-35(3,4)54-20(2)43/h11,13-14,22-26,29-34,41,46-50H,12,15-18H2,1-10H3. The molecule has 15 atom stereocenters. The number of ether oxygens (including phenoxy) is 4. The lowest BCUT2D eigenvalue weighted by Crippen LogP contribution is -2.66. The van der Waals surface area contributed by atoms with Crippen LogP contribution >= 0.6 is 0 Å². The molecule has 0 spiro atoms. The van der Waals surface area contributed by atoms with E-state index in [1.807, 2.05) is 34.6 Å². The summed E-state index contributed by atoms with van der Waals surface area (Å²) >= 11 is 0. The van der Waals surface area contributed by atoms with E-state index in [9.17, 15) is 45.0 Å². The summed E-state index contributed by atoms with van der Waals surface area (Å²) in [5.74, 6) is -3.81. The van der Waals surface area contributed by atoms with Crippen LogP contribution in [0, 0.1) is 39.4 Å². The first-order valence-electron chi connectivity index (χ1n) is 18.9. The number of esters is 2. The molecule has 6 N–H and O–H groups in total. The van der Waals surface area contributed by atoms with Gasteiger partial charge in [0.05, 0.1) is 18.8 Å². The zero-order valence-corrected chi connectivity index (χ0v) is 33.1. The smallest absolute Gasteiger partial charge is 0.303 e. The Morgan fingerprint density at radius 1 is 0.944 bits per heavy atom. The van der Waals surface area contributed by atoms with Gasteiger partial charge in [-0.05, 0) is 74.9 Å². The Labute approximate surface area is 316 Å². The normalized spacial score (nSPS) is 44.3. The summed E-state index contributed by atoms with van der Waals surface area (Å²) in [6.45, 7) is 16.0. The fourth-order valence-corrected chi connectivity index (χ4v) is 11.3. The molecule has 304 valence electrons. The SMILES string of the molecule is CC(=O)OC1CC2(C)C3CC=C4C(CC(OC5OC(CO)C(O)C(O)C5O)C(O)C4(C)C)C3(C)C(=O)CC2(C)C1C(C)(O)C(=O)C=CC(C)(C)OC(C)=O. The number of carbonyl (C=O) groups is 4. The quantitative estimate of drug-likeness (QED) is 0.112. The third kappa shape index (κ3) is 6.61. The van der Waals surface area contributed by atoms with Crippen molar-refractivity contribution >= 4 is 23.5 Å². The van der Waals surface area contributed by atoms with Crippen LogP contribution in [-0.4, -0.2) is 121 Å². The van der Waals surface area contributed by atoms with Gasteiger partial charge in [0.1, 0.15) is 47.5 Å². The Balaban J connectivity index is 1.53. The number of ketones is 2. The van der Waals surface area contributed by atoms with Gasteiger partial charge in [0.15, 0.2) is 12.1 Å². The zero-order chi connectivity index (χ0) is 40.7. The highest BCUT2D eigenvalue weighted by Crippen LogP contribution is 2.74. The van der Waals surface area contributed by atoms with Crippen LogP contribution < -0.4 is 0 Å². The van der Waals surface area contributed by atoms with Crippen LogP contribution in [0.3, 0.4) is 0 Å². The van der Waals surface area contributed by atoms with Gasteiger partial charge in [-0.3, -0.25) is 19.2 Å². The van der Waals surface area contributed by atoms with Gasteiger partial charge < -0.3 is 49.6 Å². The molecular weight excluding hydrogens is 704 g/mol. The van der Waals surface area contributed by atoms with Crippen molar-refractivity contribution in [3.05, 3.63) is 23.8 Å². The maximum absolute atomic E-state index is 15.0. The van der Waals surface area contributed by atoms with E-state index < -0.39 is 118 Å². The van der Waals surface area contributed by atoms with Gasteiger partial charge in [-0.1, -0.05) is 46.3 Å². The monoisotopic (exact) mass is 764 g/mol. The molecule has 0 aromatic rings. The highest BCUT2D eigenvalue weighted by atomic mass is 16.7. The summed E-state index contributed by atoms with van der Waals surface area (Å²) in [7, 11) is 0. The first kappa shape index (κ1) is 42.6. The van der Waals surface area contributed by atoms with E-state index >= 15 is 4.79 Å². The van der Waals surface area contributed by atoms with Crippen molar-refractivity contribution in [1.29, 1.82) is 0 Å². The Kier molecular flexibility index (Phi) is 11.1. The number of aliphatic hydroxyl groups excluding tert-OH is 5. The van der Waals surface area contributed by atoms with E-state index in [1.165, 1.54) is 32.9 Å². The molecule has 5 aliphatic rings. The lowest BCUT2D eigenvalue weighted by molar-refractivity contribution is -0.323. The number of hydrogen-bond donors (Lipinski definition) is 6. The van der Waals surface area contributed by atoms with E-state index in [2.05, 4.69) is 6.08 Å². The molecule has 3 saturated carbocycles. The summed E-state index contributed by atoms with van der Waals surface area (Å²) in [6.07, 6.45) is -5.36. The van der Waals surface area contributed by atoms with Crippen molar-refractivity contribution in [2.24, 2.45) is 39.4 Å². The molecule has 4 aliphatic carbocycles. The molecule has 0 bridgehead atoms. The average molecular weight is 765 g/mol. The molecule has 54 heavy (non-hydrogen) atoms. The van der Waals surface area contributed by atoms with Crippen LogP contribution in [0.4, 0.5) is 0 Å².